The van der Waals surface area contributed by atoms with Crippen molar-refractivity contribution in [3.8, 4) is 11.7 Å². The van der Waals surface area contributed by atoms with Gasteiger partial charge in [0.15, 0.2) is 12.0 Å². The SMILES string of the molecule is COc1ccc2oc(OCC(F)(F)F)cc(=O)c2c1. The van der Waals surface area contributed by atoms with Gasteiger partial charge in [-0.1, -0.05) is 0 Å². The molecule has 0 atom stereocenters. The second-order valence-corrected chi connectivity index (χ2v) is 3.70. The summed E-state index contributed by atoms with van der Waals surface area (Å²) in [5.74, 6) is -0.0243. The molecule has 0 N–H and O–H groups in total. The number of rotatable bonds is 3. The Bertz CT molecular complexity index is 645. The largest absolute Gasteiger partial charge is 0.497 e. The van der Waals surface area contributed by atoms with E-state index in [2.05, 4.69) is 4.74 Å². The van der Waals surface area contributed by atoms with Gasteiger partial charge in [0.2, 0.25) is 0 Å². The summed E-state index contributed by atoms with van der Waals surface area (Å²) in [6, 6.07) is 5.26. The summed E-state index contributed by atoms with van der Waals surface area (Å²) in [6.45, 7) is -1.52. The summed E-state index contributed by atoms with van der Waals surface area (Å²) in [7, 11) is 1.43. The van der Waals surface area contributed by atoms with Crippen molar-refractivity contribution in [3.05, 3.63) is 34.5 Å². The monoisotopic (exact) mass is 274 g/mol. The minimum absolute atomic E-state index is 0.130. The smallest absolute Gasteiger partial charge is 0.422 e. The van der Waals surface area contributed by atoms with Crippen molar-refractivity contribution >= 4 is 11.0 Å². The molecule has 0 saturated heterocycles. The molecule has 19 heavy (non-hydrogen) atoms. The lowest BCUT2D eigenvalue weighted by molar-refractivity contribution is -0.156. The first kappa shape index (κ1) is 13.3. The first-order chi connectivity index (χ1) is 8.89. The van der Waals surface area contributed by atoms with Crippen molar-refractivity contribution in [1.82, 2.24) is 0 Å². The molecule has 0 aliphatic heterocycles. The standard InChI is InChI=1S/C12H9F3O4/c1-17-7-2-3-10-8(4-7)9(16)5-11(19-10)18-6-12(13,14)15/h2-5H,6H2,1H3. The lowest BCUT2D eigenvalue weighted by Crippen LogP contribution is -2.19. The van der Waals surface area contributed by atoms with E-state index in [9.17, 15) is 18.0 Å². The molecule has 0 bridgehead atoms. The topological polar surface area (TPSA) is 48.7 Å². The van der Waals surface area contributed by atoms with Gasteiger partial charge in [0.25, 0.3) is 5.95 Å². The van der Waals surface area contributed by atoms with Gasteiger partial charge in [-0.05, 0) is 18.2 Å². The van der Waals surface area contributed by atoms with Gasteiger partial charge in [0.05, 0.1) is 18.6 Å². The minimum Gasteiger partial charge on any atom is -0.497 e. The third-order valence-electron chi connectivity index (χ3n) is 2.29. The number of methoxy groups -OCH3 is 1. The van der Waals surface area contributed by atoms with Gasteiger partial charge >= 0.3 is 6.18 Å². The minimum atomic E-state index is -4.49. The fourth-order valence-electron chi connectivity index (χ4n) is 1.46. The number of fused-ring (bicyclic) bond motifs is 1. The van der Waals surface area contributed by atoms with Crippen LogP contribution in [-0.4, -0.2) is 19.9 Å². The summed E-state index contributed by atoms with van der Waals surface area (Å²) in [5, 5.41) is 0.207. The van der Waals surface area contributed by atoms with Crippen LogP contribution in [0.3, 0.4) is 0 Å². The Labute approximate surface area is 105 Å². The lowest BCUT2D eigenvalue weighted by atomic mass is 10.2. The zero-order valence-corrected chi connectivity index (χ0v) is 9.78. The third kappa shape index (κ3) is 3.18. The van der Waals surface area contributed by atoms with Crippen molar-refractivity contribution in [3.63, 3.8) is 0 Å². The van der Waals surface area contributed by atoms with Crippen LogP contribution in [0.4, 0.5) is 13.2 Å². The highest BCUT2D eigenvalue weighted by Gasteiger charge is 2.29. The number of halogens is 3. The molecule has 0 spiro atoms. The summed E-state index contributed by atoms with van der Waals surface area (Å²) in [5.41, 5.74) is -0.372. The fraction of sp³-hybridized carbons (Fsp3) is 0.250. The Morgan fingerprint density at radius 1 is 1.26 bits per heavy atom. The van der Waals surface area contributed by atoms with Crippen LogP contribution in [0.2, 0.25) is 0 Å². The molecule has 1 aromatic carbocycles. The predicted octanol–water partition coefficient (Wildman–Crippen LogP) is 2.74. The van der Waals surface area contributed by atoms with E-state index in [4.69, 9.17) is 9.15 Å². The molecule has 0 radical (unpaired) electrons. The molecule has 1 aromatic heterocycles. The Morgan fingerprint density at radius 2 is 2.00 bits per heavy atom. The van der Waals surface area contributed by atoms with E-state index in [1.165, 1.54) is 25.3 Å². The maximum absolute atomic E-state index is 12.0. The number of hydrogen-bond acceptors (Lipinski definition) is 4. The zero-order chi connectivity index (χ0) is 14.0. The normalized spacial score (nSPS) is 11.6. The molecule has 0 saturated carbocycles. The average molecular weight is 274 g/mol. The summed E-state index contributed by atoms with van der Waals surface area (Å²) in [4.78, 5) is 11.7. The molecule has 0 aliphatic rings. The van der Waals surface area contributed by atoms with Gasteiger partial charge in [-0.15, -0.1) is 0 Å². The maximum atomic E-state index is 12.0. The highest BCUT2D eigenvalue weighted by Crippen LogP contribution is 2.23. The molecule has 7 heteroatoms. The van der Waals surface area contributed by atoms with E-state index >= 15 is 0 Å². The van der Waals surface area contributed by atoms with Crippen LogP contribution >= 0.6 is 0 Å². The van der Waals surface area contributed by atoms with Gasteiger partial charge in [0, 0.05) is 0 Å². The molecule has 0 amide bonds. The molecular formula is C12H9F3O4. The van der Waals surface area contributed by atoms with E-state index in [-0.39, 0.29) is 11.0 Å². The highest BCUT2D eigenvalue weighted by atomic mass is 19.4. The molecule has 2 aromatic rings. The van der Waals surface area contributed by atoms with E-state index < -0.39 is 24.2 Å². The van der Waals surface area contributed by atoms with Crippen molar-refractivity contribution in [2.75, 3.05) is 13.7 Å². The summed E-state index contributed by atoms with van der Waals surface area (Å²) in [6.07, 6.45) is -4.49. The number of ether oxygens (including phenoxy) is 2. The van der Waals surface area contributed by atoms with Crippen molar-refractivity contribution in [2.24, 2.45) is 0 Å². The predicted molar refractivity (Wildman–Crippen MR) is 60.6 cm³/mol. The summed E-state index contributed by atoms with van der Waals surface area (Å²) < 4.78 is 50.4. The quantitative estimate of drug-likeness (QED) is 0.863. The second-order valence-electron chi connectivity index (χ2n) is 3.70. The van der Waals surface area contributed by atoms with Crippen LogP contribution in [0, 0.1) is 0 Å². The number of hydrogen-bond donors (Lipinski definition) is 0. The number of benzene rings is 1. The first-order valence-electron chi connectivity index (χ1n) is 5.20. The van der Waals surface area contributed by atoms with Crippen LogP contribution in [0.15, 0.2) is 33.5 Å². The van der Waals surface area contributed by atoms with E-state index in [1.807, 2.05) is 0 Å². The zero-order valence-electron chi connectivity index (χ0n) is 9.78. The van der Waals surface area contributed by atoms with Crippen molar-refractivity contribution in [2.45, 2.75) is 6.18 Å². The van der Waals surface area contributed by atoms with E-state index in [0.29, 0.717) is 5.75 Å². The Kier molecular flexibility index (Phi) is 3.37. The Morgan fingerprint density at radius 3 is 2.63 bits per heavy atom. The molecule has 102 valence electrons. The van der Waals surface area contributed by atoms with Gasteiger partial charge in [-0.25, -0.2) is 0 Å². The second kappa shape index (κ2) is 4.83. The molecular weight excluding hydrogens is 265 g/mol. The molecule has 0 unspecified atom stereocenters. The maximum Gasteiger partial charge on any atom is 0.422 e. The van der Waals surface area contributed by atoms with Crippen LogP contribution < -0.4 is 14.9 Å². The van der Waals surface area contributed by atoms with E-state index in [1.54, 1.807) is 0 Å². The molecule has 2 rings (SSSR count). The van der Waals surface area contributed by atoms with E-state index in [0.717, 1.165) is 6.07 Å². The van der Waals surface area contributed by atoms with Crippen LogP contribution in [-0.2, 0) is 0 Å². The van der Waals surface area contributed by atoms with Crippen LogP contribution in [0.5, 0.6) is 11.7 Å². The highest BCUT2D eigenvalue weighted by molar-refractivity contribution is 5.78. The Balaban J connectivity index is 2.37. The van der Waals surface area contributed by atoms with Crippen LogP contribution in [0.25, 0.3) is 11.0 Å². The summed E-state index contributed by atoms with van der Waals surface area (Å²) >= 11 is 0. The molecule has 0 fully saturated rings. The Hall–Kier alpha value is -2.18. The van der Waals surface area contributed by atoms with Gasteiger partial charge in [-0.3, -0.25) is 4.79 Å². The third-order valence-corrected chi connectivity index (χ3v) is 2.29. The molecule has 0 aliphatic carbocycles. The van der Waals surface area contributed by atoms with Gasteiger partial charge < -0.3 is 13.9 Å². The fourth-order valence-corrected chi connectivity index (χ4v) is 1.46. The van der Waals surface area contributed by atoms with Crippen LogP contribution in [0.1, 0.15) is 0 Å². The molecule has 1 heterocycles. The van der Waals surface area contributed by atoms with Gasteiger partial charge in [0.1, 0.15) is 11.3 Å². The van der Waals surface area contributed by atoms with Crippen molar-refractivity contribution < 1.29 is 27.1 Å². The van der Waals surface area contributed by atoms with Gasteiger partial charge in [-0.2, -0.15) is 13.2 Å². The molecule has 4 nitrogen and oxygen atoms in total. The number of alkyl halides is 3. The average Bonchev–Trinajstić information content (AvgIpc) is 2.35. The first-order valence-corrected chi connectivity index (χ1v) is 5.20. The lowest BCUT2D eigenvalue weighted by Gasteiger charge is -2.08. The van der Waals surface area contributed by atoms with Crippen molar-refractivity contribution in [1.29, 1.82) is 0 Å².